The standard InChI is InChI=1S/C31H35NO3/c1-20-17-26-27(31(4,5)16-15-30(26,2)3)18-25(20)23-9-7-8-10-24(23)28(33)32-19-21-11-13-22(14-12-21)29(34)35-6/h7-14,17-18H,15-16,19H2,1-6H3,(H,32,33). The third-order valence-electron chi connectivity index (χ3n) is 7.49. The average Bonchev–Trinajstić information content (AvgIpc) is 2.85. The van der Waals surface area contributed by atoms with Crippen molar-refractivity contribution < 1.29 is 14.3 Å². The fourth-order valence-corrected chi connectivity index (χ4v) is 5.08. The molecule has 0 aromatic heterocycles. The van der Waals surface area contributed by atoms with E-state index in [2.05, 4.69) is 52.1 Å². The molecule has 1 amide bonds. The summed E-state index contributed by atoms with van der Waals surface area (Å²) in [6, 6.07) is 19.6. The molecule has 0 unspecified atom stereocenters. The first-order chi connectivity index (χ1) is 16.5. The first-order valence-electron chi connectivity index (χ1n) is 12.2. The van der Waals surface area contributed by atoms with E-state index in [1.54, 1.807) is 12.1 Å². The molecular formula is C31H35NO3. The molecule has 1 aliphatic rings. The van der Waals surface area contributed by atoms with Crippen LogP contribution in [0.25, 0.3) is 11.1 Å². The summed E-state index contributed by atoms with van der Waals surface area (Å²) in [6.45, 7) is 11.8. The SMILES string of the molecule is COC(=O)c1ccc(CNC(=O)c2ccccc2-c2cc3c(cc2C)C(C)(C)CCC3(C)C)cc1. The van der Waals surface area contributed by atoms with Gasteiger partial charge in [0.05, 0.1) is 12.7 Å². The lowest BCUT2D eigenvalue weighted by Gasteiger charge is -2.42. The van der Waals surface area contributed by atoms with Gasteiger partial charge in [-0.2, -0.15) is 0 Å². The summed E-state index contributed by atoms with van der Waals surface area (Å²) < 4.78 is 4.75. The van der Waals surface area contributed by atoms with Crippen LogP contribution in [-0.2, 0) is 22.1 Å². The van der Waals surface area contributed by atoms with Crippen LogP contribution >= 0.6 is 0 Å². The summed E-state index contributed by atoms with van der Waals surface area (Å²) in [5.74, 6) is -0.490. The highest BCUT2D eigenvalue weighted by atomic mass is 16.5. The molecule has 4 nitrogen and oxygen atoms in total. The lowest BCUT2D eigenvalue weighted by Crippen LogP contribution is -2.34. The smallest absolute Gasteiger partial charge is 0.337 e. The summed E-state index contributed by atoms with van der Waals surface area (Å²) in [4.78, 5) is 24.9. The van der Waals surface area contributed by atoms with Gasteiger partial charge in [-0.15, -0.1) is 0 Å². The van der Waals surface area contributed by atoms with Gasteiger partial charge in [0.1, 0.15) is 0 Å². The van der Waals surface area contributed by atoms with Crippen LogP contribution in [0.3, 0.4) is 0 Å². The summed E-state index contributed by atoms with van der Waals surface area (Å²) >= 11 is 0. The quantitative estimate of drug-likeness (QED) is 0.422. The Balaban J connectivity index is 1.63. The molecule has 0 atom stereocenters. The first kappa shape index (κ1) is 24.7. The molecule has 0 saturated heterocycles. The molecule has 0 spiro atoms. The summed E-state index contributed by atoms with van der Waals surface area (Å²) in [5.41, 5.74) is 8.37. The fourth-order valence-electron chi connectivity index (χ4n) is 5.08. The Morgan fingerprint density at radius 1 is 0.857 bits per heavy atom. The Morgan fingerprint density at radius 3 is 2.09 bits per heavy atom. The molecule has 4 rings (SSSR count). The number of ether oxygens (including phenoxy) is 1. The Bertz CT molecular complexity index is 1270. The lowest BCUT2D eigenvalue weighted by molar-refractivity contribution is 0.0600. The zero-order valence-electron chi connectivity index (χ0n) is 21.6. The minimum atomic E-state index is -0.374. The zero-order valence-corrected chi connectivity index (χ0v) is 21.6. The van der Waals surface area contributed by atoms with Crippen molar-refractivity contribution in [3.63, 3.8) is 0 Å². The number of carbonyl (C=O) groups excluding carboxylic acids is 2. The minimum Gasteiger partial charge on any atom is -0.465 e. The van der Waals surface area contributed by atoms with Crippen molar-refractivity contribution in [1.82, 2.24) is 5.32 Å². The molecule has 0 bridgehead atoms. The molecule has 0 saturated carbocycles. The monoisotopic (exact) mass is 469 g/mol. The topological polar surface area (TPSA) is 55.4 Å². The molecule has 0 aliphatic heterocycles. The van der Waals surface area contributed by atoms with Gasteiger partial charge >= 0.3 is 5.97 Å². The average molecular weight is 470 g/mol. The molecule has 3 aromatic carbocycles. The van der Waals surface area contributed by atoms with E-state index in [1.165, 1.54) is 30.2 Å². The van der Waals surface area contributed by atoms with E-state index in [9.17, 15) is 9.59 Å². The number of rotatable bonds is 5. The number of methoxy groups -OCH3 is 1. The lowest BCUT2D eigenvalue weighted by atomic mass is 9.62. The van der Waals surface area contributed by atoms with E-state index in [4.69, 9.17) is 4.74 Å². The molecule has 182 valence electrons. The van der Waals surface area contributed by atoms with Gasteiger partial charge in [0.25, 0.3) is 5.91 Å². The van der Waals surface area contributed by atoms with Gasteiger partial charge < -0.3 is 10.1 Å². The van der Waals surface area contributed by atoms with Gasteiger partial charge in [0.2, 0.25) is 0 Å². The van der Waals surface area contributed by atoms with E-state index >= 15 is 0 Å². The Kier molecular flexibility index (Phi) is 6.59. The van der Waals surface area contributed by atoms with E-state index in [1.807, 2.05) is 36.4 Å². The Labute approximate surface area is 208 Å². The summed E-state index contributed by atoms with van der Waals surface area (Å²) in [7, 11) is 1.36. The van der Waals surface area contributed by atoms with Crippen LogP contribution in [0.1, 0.15) is 83.5 Å². The summed E-state index contributed by atoms with van der Waals surface area (Å²) in [6.07, 6.45) is 2.32. The van der Waals surface area contributed by atoms with Crippen molar-refractivity contribution in [2.45, 2.75) is 64.8 Å². The van der Waals surface area contributed by atoms with Crippen LogP contribution in [0.5, 0.6) is 0 Å². The predicted octanol–water partition coefficient (Wildman–Crippen LogP) is 6.73. The van der Waals surface area contributed by atoms with Crippen molar-refractivity contribution in [3.05, 3.63) is 94.0 Å². The predicted molar refractivity (Wildman–Crippen MR) is 141 cm³/mol. The third kappa shape index (κ3) is 4.88. The van der Waals surface area contributed by atoms with Crippen molar-refractivity contribution >= 4 is 11.9 Å². The van der Waals surface area contributed by atoms with E-state index in [-0.39, 0.29) is 22.7 Å². The number of aryl methyl sites for hydroxylation is 1. The van der Waals surface area contributed by atoms with Crippen LogP contribution in [0, 0.1) is 6.92 Å². The van der Waals surface area contributed by atoms with Crippen molar-refractivity contribution in [3.8, 4) is 11.1 Å². The number of fused-ring (bicyclic) bond motifs is 1. The van der Waals surface area contributed by atoms with E-state index in [0.29, 0.717) is 17.7 Å². The molecule has 1 aliphatic carbocycles. The number of carbonyl (C=O) groups is 2. The number of nitrogens with one attached hydrogen (secondary N) is 1. The normalized spacial score (nSPS) is 15.7. The highest BCUT2D eigenvalue weighted by Gasteiger charge is 2.37. The highest BCUT2D eigenvalue weighted by molar-refractivity contribution is 6.01. The molecule has 3 aromatic rings. The maximum atomic E-state index is 13.3. The second-order valence-electron chi connectivity index (χ2n) is 10.9. The van der Waals surface area contributed by atoms with Gasteiger partial charge in [-0.25, -0.2) is 4.79 Å². The van der Waals surface area contributed by atoms with Crippen LogP contribution in [0.4, 0.5) is 0 Å². The van der Waals surface area contributed by atoms with Crippen LogP contribution in [0.2, 0.25) is 0 Å². The van der Waals surface area contributed by atoms with Crippen molar-refractivity contribution in [1.29, 1.82) is 0 Å². The van der Waals surface area contributed by atoms with Crippen LogP contribution in [0.15, 0.2) is 60.7 Å². The van der Waals surface area contributed by atoms with Gasteiger partial charge in [-0.1, -0.05) is 70.2 Å². The fraction of sp³-hybridized carbons (Fsp3) is 0.355. The molecule has 1 N–H and O–H groups in total. The molecule has 0 heterocycles. The molecular weight excluding hydrogens is 434 g/mol. The maximum absolute atomic E-state index is 13.3. The third-order valence-corrected chi connectivity index (χ3v) is 7.49. The van der Waals surface area contributed by atoms with E-state index < -0.39 is 0 Å². The van der Waals surface area contributed by atoms with Crippen LogP contribution < -0.4 is 5.32 Å². The largest absolute Gasteiger partial charge is 0.465 e. The van der Waals surface area contributed by atoms with Crippen molar-refractivity contribution in [2.75, 3.05) is 7.11 Å². The molecule has 35 heavy (non-hydrogen) atoms. The minimum absolute atomic E-state index is 0.0981. The van der Waals surface area contributed by atoms with Crippen molar-refractivity contribution in [2.24, 2.45) is 0 Å². The second kappa shape index (κ2) is 9.33. The van der Waals surface area contributed by atoms with Crippen LogP contribution in [-0.4, -0.2) is 19.0 Å². The van der Waals surface area contributed by atoms with Gasteiger partial charge in [0, 0.05) is 12.1 Å². The summed E-state index contributed by atoms with van der Waals surface area (Å²) in [5, 5.41) is 3.04. The zero-order chi connectivity index (χ0) is 25.4. The second-order valence-corrected chi connectivity index (χ2v) is 10.9. The number of hydrogen-bond donors (Lipinski definition) is 1. The van der Waals surface area contributed by atoms with Gasteiger partial charge in [-0.3, -0.25) is 4.79 Å². The molecule has 0 fully saturated rings. The number of benzene rings is 3. The Hall–Kier alpha value is -3.40. The number of esters is 1. The number of amides is 1. The Morgan fingerprint density at radius 2 is 1.46 bits per heavy atom. The highest BCUT2D eigenvalue weighted by Crippen LogP contribution is 2.47. The maximum Gasteiger partial charge on any atom is 0.337 e. The molecule has 0 radical (unpaired) electrons. The number of hydrogen-bond acceptors (Lipinski definition) is 3. The molecule has 4 heteroatoms. The first-order valence-corrected chi connectivity index (χ1v) is 12.2. The van der Waals surface area contributed by atoms with Gasteiger partial charge in [0.15, 0.2) is 0 Å². The van der Waals surface area contributed by atoms with Gasteiger partial charge in [-0.05, 0) is 82.2 Å². The van der Waals surface area contributed by atoms with E-state index in [0.717, 1.165) is 23.1 Å².